The molecule has 0 aliphatic carbocycles. The van der Waals surface area contributed by atoms with Gasteiger partial charge in [0.1, 0.15) is 5.75 Å². The molecular formula is C23H21N3O. The smallest absolute Gasteiger partial charge is 0.154 e. The first kappa shape index (κ1) is 17.0. The summed E-state index contributed by atoms with van der Waals surface area (Å²) in [5.74, 6) is 1.56. The van der Waals surface area contributed by atoms with Gasteiger partial charge in [-0.1, -0.05) is 48.0 Å². The summed E-state index contributed by atoms with van der Waals surface area (Å²) in [4.78, 5) is 4.83. The van der Waals surface area contributed by atoms with Crippen LogP contribution in [-0.4, -0.2) is 18.2 Å². The number of nitrogens with zero attached hydrogens (tertiary/aromatic N) is 2. The maximum absolute atomic E-state index is 5.53. The maximum atomic E-state index is 5.53. The number of hydrogen-bond acceptors (Lipinski definition) is 4. The second kappa shape index (κ2) is 7.46. The SMILES string of the molecule is CCOc1ccc(C2=Nc3ccccc3C(c3ccc(C)cc3)=NN2)cc1. The summed E-state index contributed by atoms with van der Waals surface area (Å²) in [6, 6.07) is 24.3. The molecule has 0 amide bonds. The average molecular weight is 355 g/mol. The molecule has 0 spiro atoms. The predicted molar refractivity (Wildman–Crippen MR) is 110 cm³/mol. The molecular weight excluding hydrogens is 334 g/mol. The molecule has 0 saturated heterocycles. The van der Waals surface area contributed by atoms with Gasteiger partial charge in [0.15, 0.2) is 5.84 Å². The molecule has 27 heavy (non-hydrogen) atoms. The van der Waals surface area contributed by atoms with Gasteiger partial charge < -0.3 is 4.74 Å². The third-order valence-corrected chi connectivity index (χ3v) is 4.43. The van der Waals surface area contributed by atoms with E-state index < -0.39 is 0 Å². The van der Waals surface area contributed by atoms with Crippen molar-refractivity contribution in [1.29, 1.82) is 0 Å². The Morgan fingerprint density at radius 2 is 1.56 bits per heavy atom. The minimum Gasteiger partial charge on any atom is -0.494 e. The molecule has 4 rings (SSSR count). The van der Waals surface area contributed by atoms with Gasteiger partial charge in [0.2, 0.25) is 0 Å². The van der Waals surface area contributed by atoms with Crippen LogP contribution in [0.5, 0.6) is 5.75 Å². The summed E-state index contributed by atoms with van der Waals surface area (Å²) in [6.45, 7) is 4.71. The van der Waals surface area contributed by atoms with E-state index in [0.29, 0.717) is 12.4 Å². The first-order chi connectivity index (χ1) is 13.2. The van der Waals surface area contributed by atoms with E-state index in [9.17, 15) is 0 Å². The van der Waals surface area contributed by atoms with E-state index in [1.54, 1.807) is 0 Å². The lowest BCUT2D eigenvalue weighted by molar-refractivity contribution is 0.340. The van der Waals surface area contributed by atoms with E-state index >= 15 is 0 Å². The van der Waals surface area contributed by atoms with Crippen molar-refractivity contribution in [1.82, 2.24) is 5.43 Å². The molecule has 1 aliphatic heterocycles. The van der Waals surface area contributed by atoms with Gasteiger partial charge in [-0.2, -0.15) is 5.10 Å². The van der Waals surface area contributed by atoms with Crippen molar-refractivity contribution >= 4 is 17.2 Å². The third kappa shape index (κ3) is 3.60. The van der Waals surface area contributed by atoms with E-state index in [1.165, 1.54) is 5.56 Å². The minimum atomic E-state index is 0.649. The number of aliphatic imine (C=N–C) groups is 1. The van der Waals surface area contributed by atoms with E-state index in [-0.39, 0.29) is 0 Å². The Morgan fingerprint density at radius 1 is 0.852 bits per heavy atom. The first-order valence-electron chi connectivity index (χ1n) is 9.06. The fourth-order valence-electron chi connectivity index (χ4n) is 3.02. The second-order valence-electron chi connectivity index (χ2n) is 6.37. The highest BCUT2D eigenvalue weighted by Crippen LogP contribution is 2.26. The van der Waals surface area contributed by atoms with Crippen LogP contribution in [-0.2, 0) is 0 Å². The molecule has 0 radical (unpaired) electrons. The second-order valence-corrected chi connectivity index (χ2v) is 6.37. The van der Waals surface area contributed by atoms with Gasteiger partial charge in [-0.05, 0) is 44.2 Å². The number of ether oxygens (including phenoxy) is 1. The predicted octanol–water partition coefficient (Wildman–Crippen LogP) is 4.83. The van der Waals surface area contributed by atoms with Crippen LogP contribution < -0.4 is 10.2 Å². The normalized spacial score (nSPS) is 13.0. The highest BCUT2D eigenvalue weighted by molar-refractivity contribution is 6.17. The molecule has 0 aromatic heterocycles. The first-order valence-corrected chi connectivity index (χ1v) is 9.06. The van der Waals surface area contributed by atoms with Gasteiger partial charge >= 0.3 is 0 Å². The zero-order chi connectivity index (χ0) is 18.6. The monoisotopic (exact) mass is 355 g/mol. The molecule has 4 nitrogen and oxygen atoms in total. The molecule has 3 aromatic rings. The van der Waals surface area contributed by atoms with Crippen LogP contribution in [0.2, 0.25) is 0 Å². The van der Waals surface area contributed by atoms with Crippen LogP contribution in [0.1, 0.15) is 29.2 Å². The summed E-state index contributed by atoms with van der Waals surface area (Å²) in [6.07, 6.45) is 0. The molecule has 134 valence electrons. The minimum absolute atomic E-state index is 0.649. The number of aryl methyl sites for hydroxylation is 1. The van der Waals surface area contributed by atoms with E-state index in [0.717, 1.165) is 33.8 Å². The summed E-state index contributed by atoms with van der Waals surface area (Å²) in [7, 11) is 0. The van der Waals surface area contributed by atoms with Gasteiger partial charge in [-0.3, -0.25) is 5.43 Å². The molecule has 0 bridgehead atoms. The molecule has 0 unspecified atom stereocenters. The molecule has 1 aliphatic rings. The molecule has 0 saturated carbocycles. The van der Waals surface area contributed by atoms with E-state index in [2.05, 4.69) is 47.8 Å². The van der Waals surface area contributed by atoms with Crippen molar-refractivity contribution in [2.24, 2.45) is 10.1 Å². The molecule has 4 heteroatoms. The van der Waals surface area contributed by atoms with Gasteiger partial charge in [-0.15, -0.1) is 0 Å². The maximum Gasteiger partial charge on any atom is 0.154 e. The number of fused-ring (bicyclic) bond motifs is 1. The van der Waals surface area contributed by atoms with Crippen molar-refractivity contribution in [2.75, 3.05) is 6.61 Å². The van der Waals surface area contributed by atoms with Crippen molar-refractivity contribution in [2.45, 2.75) is 13.8 Å². The van der Waals surface area contributed by atoms with Crippen LogP contribution in [0.25, 0.3) is 0 Å². The number of nitrogens with one attached hydrogen (secondary N) is 1. The topological polar surface area (TPSA) is 46.0 Å². The Morgan fingerprint density at radius 3 is 2.30 bits per heavy atom. The number of rotatable bonds is 4. The molecule has 0 fully saturated rings. The third-order valence-electron chi connectivity index (χ3n) is 4.43. The van der Waals surface area contributed by atoms with Crippen molar-refractivity contribution in [3.05, 3.63) is 95.1 Å². The van der Waals surface area contributed by atoms with Crippen LogP contribution in [0.4, 0.5) is 5.69 Å². The van der Waals surface area contributed by atoms with E-state index in [1.807, 2.05) is 49.4 Å². The molecule has 1 N–H and O–H groups in total. The highest BCUT2D eigenvalue weighted by atomic mass is 16.5. The van der Waals surface area contributed by atoms with Crippen LogP contribution in [0.15, 0.2) is 82.9 Å². The Bertz CT molecular complexity index is 1000. The molecule has 3 aromatic carbocycles. The van der Waals surface area contributed by atoms with Gasteiger partial charge in [0.25, 0.3) is 0 Å². The highest BCUT2D eigenvalue weighted by Gasteiger charge is 2.16. The quantitative estimate of drug-likeness (QED) is 0.729. The summed E-state index contributed by atoms with van der Waals surface area (Å²) in [5.41, 5.74) is 9.19. The zero-order valence-corrected chi connectivity index (χ0v) is 15.4. The number of hydrazone groups is 1. The fourth-order valence-corrected chi connectivity index (χ4v) is 3.02. The van der Waals surface area contributed by atoms with Crippen LogP contribution in [0, 0.1) is 6.92 Å². The van der Waals surface area contributed by atoms with Crippen molar-refractivity contribution in [3.63, 3.8) is 0 Å². The Balaban J connectivity index is 1.75. The largest absolute Gasteiger partial charge is 0.494 e. The lowest BCUT2D eigenvalue weighted by atomic mass is 10.00. The van der Waals surface area contributed by atoms with Crippen LogP contribution >= 0.6 is 0 Å². The summed E-state index contributed by atoms with van der Waals surface area (Å²) in [5, 5.41) is 4.69. The number of hydrogen-bond donors (Lipinski definition) is 1. The van der Waals surface area contributed by atoms with Gasteiger partial charge in [0.05, 0.1) is 18.0 Å². The Labute approximate surface area is 159 Å². The van der Waals surface area contributed by atoms with Crippen molar-refractivity contribution in [3.8, 4) is 5.75 Å². The lowest BCUT2D eigenvalue weighted by Gasteiger charge is -2.08. The molecule has 0 atom stereocenters. The Hall–Kier alpha value is -3.40. The van der Waals surface area contributed by atoms with Gasteiger partial charge in [0, 0.05) is 16.7 Å². The van der Waals surface area contributed by atoms with Crippen molar-refractivity contribution < 1.29 is 4.74 Å². The molecule has 1 heterocycles. The standard InChI is InChI=1S/C23H21N3O/c1-3-27-19-14-12-18(13-15-19)23-24-21-7-5-4-6-20(21)22(25-26-23)17-10-8-16(2)9-11-17/h4-15H,3H2,1-2H3,(H,24,26). The number of amidine groups is 1. The summed E-state index contributed by atoms with van der Waals surface area (Å²) < 4.78 is 5.53. The number of benzene rings is 3. The van der Waals surface area contributed by atoms with Crippen LogP contribution in [0.3, 0.4) is 0 Å². The number of para-hydroxylation sites is 1. The summed E-state index contributed by atoms with van der Waals surface area (Å²) >= 11 is 0. The zero-order valence-electron chi connectivity index (χ0n) is 15.4. The van der Waals surface area contributed by atoms with Gasteiger partial charge in [-0.25, -0.2) is 4.99 Å². The van der Waals surface area contributed by atoms with E-state index in [4.69, 9.17) is 9.73 Å². The Kier molecular flexibility index (Phi) is 4.71. The average Bonchev–Trinajstić information content (AvgIpc) is 2.89. The fraction of sp³-hybridized carbons (Fsp3) is 0.130. The lowest BCUT2D eigenvalue weighted by Crippen LogP contribution is -2.19.